The van der Waals surface area contributed by atoms with E-state index < -0.39 is 0 Å². The van der Waals surface area contributed by atoms with Gasteiger partial charge in [-0.25, -0.2) is 0 Å². The van der Waals surface area contributed by atoms with Gasteiger partial charge in [0.15, 0.2) is 0 Å². The monoisotopic (exact) mass is 250 g/mol. The van der Waals surface area contributed by atoms with E-state index in [-0.39, 0.29) is 0 Å². The van der Waals surface area contributed by atoms with Crippen molar-refractivity contribution in [1.82, 2.24) is 0 Å². The van der Waals surface area contributed by atoms with Crippen molar-refractivity contribution in [2.45, 2.75) is 41.5 Å². The first-order chi connectivity index (χ1) is 7.43. The molecule has 0 nitrogen and oxygen atoms in total. The number of hydrogen-bond donors (Lipinski definition) is 0. The Balaban J connectivity index is 2.68. The zero-order chi connectivity index (χ0) is 12.0. The Hall–Kier alpha value is -0.600. The van der Waals surface area contributed by atoms with Crippen molar-refractivity contribution in [2.24, 2.45) is 0 Å². The summed E-state index contributed by atoms with van der Waals surface area (Å²) in [6, 6.07) is 0. The molecular formula is C14H18S2. The molecule has 2 heterocycles. The van der Waals surface area contributed by atoms with E-state index >= 15 is 0 Å². The molecule has 0 fully saturated rings. The average Bonchev–Trinajstić information content (AvgIpc) is 2.64. The van der Waals surface area contributed by atoms with Crippen molar-refractivity contribution in [1.29, 1.82) is 0 Å². The predicted molar refractivity (Wildman–Crippen MR) is 76.1 cm³/mol. The van der Waals surface area contributed by atoms with Crippen molar-refractivity contribution in [3.8, 4) is 9.75 Å². The summed E-state index contributed by atoms with van der Waals surface area (Å²) in [5.74, 6) is 0. The molecule has 0 N–H and O–H groups in total. The standard InChI is InChI=1S/C14H18S2/c1-7-9(3)13(15-11(7)5)14-10(4)8(2)12(6)16-14/h1-6H3. The Kier molecular flexibility index (Phi) is 2.97. The summed E-state index contributed by atoms with van der Waals surface area (Å²) >= 11 is 3.88. The lowest BCUT2D eigenvalue weighted by Crippen LogP contribution is -1.79. The van der Waals surface area contributed by atoms with Gasteiger partial charge in [-0.05, 0) is 63.8 Å². The lowest BCUT2D eigenvalue weighted by molar-refractivity contribution is 1.33. The summed E-state index contributed by atoms with van der Waals surface area (Å²) < 4.78 is 0. The maximum Gasteiger partial charge on any atom is 0.0480 e. The van der Waals surface area contributed by atoms with Crippen LogP contribution >= 0.6 is 22.7 Å². The molecule has 0 amide bonds. The zero-order valence-corrected chi connectivity index (χ0v) is 12.4. The molecule has 0 spiro atoms. The zero-order valence-electron chi connectivity index (χ0n) is 10.8. The van der Waals surface area contributed by atoms with Crippen LogP contribution in [0.2, 0.25) is 0 Å². The van der Waals surface area contributed by atoms with Crippen molar-refractivity contribution in [2.75, 3.05) is 0 Å². The molecule has 2 rings (SSSR count). The third kappa shape index (κ3) is 1.64. The van der Waals surface area contributed by atoms with Crippen LogP contribution in [0.25, 0.3) is 9.75 Å². The van der Waals surface area contributed by atoms with Crippen LogP contribution in [0.1, 0.15) is 32.0 Å². The highest BCUT2D eigenvalue weighted by atomic mass is 32.1. The number of aryl methyl sites for hydroxylation is 2. The fourth-order valence-electron chi connectivity index (χ4n) is 1.91. The van der Waals surface area contributed by atoms with Gasteiger partial charge < -0.3 is 0 Å². The minimum atomic E-state index is 1.45. The number of rotatable bonds is 1. The van der Waals surface area contributed by atoms with Gasteiger partial charge in [0.25, 0.3) is 0 Å². The third-order valence-corrected chi connectivity index (χ3v) is 6.36. The van der Waals surface area contributed by atoms with E-state index in [9.17, 15) is 0 Å². The molecule has 0 aromatic carbocycles. The maximum atomic E-state index is 2.25. The highest BCUT2D eigenvalue weighted by Crippen LogP contribution is 2.42. The summed E-state index contributed by atoms with van der Waals surface area (Å²) in [5.41, 5.74) is 5.85. The van der Waals surface area contributed by atoms with Gasteiger partial charge in [0.05, 0.1) is 0 Å². The molecule has 0 radical (unpaired) electrons. The van der Waals surface area contributed by atoms with E-state index in [4.69, 9.17) is 0 Å². The van der Waals surface area contributed by atoms with Gasteiger partial charge in [0, 0.05) is 19.5 Å². The minimum Gasteiger partial charge on any atom is -0.139 e. The fourth-order valence-corrected chi connectivity index (χ4v) is 4.49. The van der Waals surface area contributed by atoms with Crippen LogP contribution in [0.15, 0.2) is 0 Å². The molecule has 2 aromatic rings. The van der Waals surface area contributed by atoms with Crippen LogP contribution in [0.5, 0.6) is 0 Å². The van der Waals surface area contributed by atoms with Gasteiger partial charge in [-0.2, -0.15) is 0 Å². The predicted octanol–water partition coefficient (Wildman–Crippen LogP) is 5.33. The van der Waals surface area contributed by atoms with Gasteiger partial charge >= 0.3 is 0 Å². The molecule has 2 heteroatoms. The van der Waals surface area contributed by atoms with E-state index in [1.54, 1.807) is 0 Å². The van der Waals surface area contributed by atoms with Gasteiger partial charge in [0.2, 0.25) is 0 Å². The second kappa shape index (κ2) is 4.01. The smallest absolute Gasteiger partial charge is 0.0480 e. The maximum absolute atomic E-state index is 2.25. The molecule has 0 aliphatic heterocycles. The molecule has 0 aliphatic carbocycles. The third-order valence-electron chi connectivity index (χ3n) is 3.58. The first kappa shape index (κ1) is 11.9. The Morgan fingerprint density at radius 3 is 1.00 bits per heavy atom. The van der Waals surface area contributed by atoms with Crippen molar-refractivity contribution < 1.29 is 0 Å². The fraction of sp³-hybridized carbons (Fsp3) is 0.429. The highest BCUT2D eigenvalue weighted by Gasteiger charge is 2.16. The van der Waals surface area contributed by atoms with Gasteiger partial charge in [-0.3, -0.25) is 0 Å². The molecule has 0 saturated heterocycles. The molecule has 0 bridgehead atoms. The van der Waals surface area contributed by atoms with E-state index in [1.807, 2.05) is 22.7 Å². The first-order valence-corrected chi connectivity index (χ1v) is 7.20. The molecule has 16 heavy (non-hydrogen) atoms. The van der Waals surface area contributed by atoms with Crippen LogP contribution in [0.4, 0.5) is 0 Å². The largest absolute Gasteiger partial charge is 0.139 e. The van der Waals surface area contributed by atoms with Crippen LogP contribution < -0.4 is 0 Å². The summed E-state index contributed by atoms with van der Waals surface area (Å²) in [6.07, 6.45) is 0. The Labute approximate surface area is 106 Å². The van der Waals surface area contributed by atoms with E-state index in [2.05, 4.69) is 41.5 Å². The quantitative estimate of drug-likeness (QED) is 0.642. The van der Waals surface area contributed by atoms with Crippen molar-refractivity contribution in [3.05, 3.63) is 32.0 Å². The summed E-state index contributed by atoms with van der Waals surface area (Å²) in [6.45, 7) is 13.4. The van der Waals surface area contributed by atoms with Crippen molar-refractivity contribution >= 4 is 22.7 Å². The van der Waals surface area contributed by atoms with E-state index in [0.29, 0.717) is 0 Å². The molecule has 0 aliphatic rings. The summed E-state index contributed by atoms with van der Waals surface area (Å²) in [4.78, 5) is 5.87. The van der Waals surface area contributed by atoms with E-state index in [0.717, 1.165) is 0 Å². The van der Waals surface area contributed by atoms with Crippen LogP contribution in [0.3, 0.4) is 0 Å². The second-order valence-corrected chi connectivity index (χ2v) is 6.92. The van der Waals surface area contributed by atoms with E-state index in [1.165, 1.54) is 41.8 Å². The highest BCUT2D eigenvalue weighted by molar-refractivity contribution is 7.22. The molecule has 0 atom stereocenters. The molecule has 86 valence electrons. The normalized spacial score (nSPS) is 11.1. The summed E-state index contributed by atoms with van der Waals surface area (Å²) in [7, 11) is 0. The lowest BCUT2D eigenvalue weighted by atomic mass is 10.1. The van der Waals surface area contributed by atoms with Crippen LogP contribution in [0, 0.1) is 41.5 Å². The van der Waals surface area contributed by atoms with Crippen LogP contribution in [-0.4, -0.2) is 0 Å². The molecule has 0 unspecified atom stereocenters. The Morgan fingerprint density at radius 1 is 0.500 bits per heavy atom. The molecule has 0 saturated carbocycles. The Morgan fingerprint density at radius 2 is 0.812 bits per heavy atom. The van der Waals surface area contributed by atoms with Gasteiger partial charge in [-0.15, -0.1) is 22.7 Å². The Bertz CT molecular complexity index is 491. The average molecular weight is 250 g/mol. The minimum absolute atomic E-state index is 1.45. The first-order valence-electron chi connectivity index (χ1n) is 5.57. The molecule has 2 aromatic heterocycles. The van der Waals surface area contributed by atoms with Gasteiger partial charge in [-0.1, -0.05) is 0 Å². The number of thiophene rings is 2. The van der Waals surface area contributed by atoms with Gasteiger partial charge in [0.1, 0.15) is 0 Å². The SMILES string of the molecule is Cc1sc(-c2sc(C)c(C)c2C)c(C)c1C. The second-order valence-electron chi connectivity index (χ2n) is 4.47. The molecular weight excluding hydrogens is 232 g/mol. The number of hydrogen-bond acceptors (Lipinski definition) is 2. The lowest BCUT2D eigenvalue weighted by Gasteiger charge is -1.99. The summed E-state index contributed by atoms with van der Waals surface area (Å²) in [5, 5.41) is 0. The van der Waals surface area contributed by atoms with Crippen LogP contribution in [-0.2, 0) is 0 Å². The van der Waals surface area contributed by atoms with Crippen molar-refractivity contribution in [3.63, 3.8) is 0 Å². The topological polar surface area (TPSA) is 0 Å².